The van der Waals surface area contributed by atoms with Gasteiger partial charge in [0.1, 0.15) is 0 Å². The molecule has 140 valence electrons. The van der Waals surface area contributed by atoms with E-state index in [-0.39, 0.29) is 5.91 Å². The molecule has 2 amide bonds. The molecule has 7 nitrogen and oxygen atoms in total. The Morgan fingerprint density at radius 2 is 2.07 bits per heavy atom. The molecular formula is C19H20N4O3S. The number of fused-ring (bicyclic) bond motifs is 1. The number of rotatable bonds is 7. The standard InChI is InChI=1S/C19H20N4O3S/c1-2-26-19(25)23-18-22-15-10-9-14(12-16(15)27-18)21-17(24)8-5-7-13-6-3-4-11-20-13/h3-4,6,9-12H,2,5,7-8H2,1H3,(H,21,24)(H,22,23,25). The Bertz CT molecular complexity index is 927. The van der Waals surface area contributed by atoms with Crippen molar-refractivity contribution in [2.75, 3.05) is 17.2 Å². The van der Waals surface area contributed by atoms with Gasteiger partial charge in [-0.25, -0.2) is 9.78 Å². The third-order valence-electron chi connectivity index (χ3n) is 3.72. The highest BCUT2D eigenvalue weighted by molar-refractivity contribution is 7.22. The lowest BCUT2D eigenvalue weighted by Gasteiger charge is -2.05. The first-order valence-electron chi connectivity index (χ1n) is 8.68. The van der Waals surface area contributed by atoms with E-state index >= 15 is 0 Å². The average molecular weight is 384 g/mol. The van der Waals surface area contributed by atoms with Gasteiger partial charge in [0.05, 0.1) is 16.8 Å². The van der Waals surface area contributed by atoms with Crippen LogP contribution >= 0.6 is 11.3 Å². The zero-order chi connectivity index (χ0) is 19.1. The predicted octanol–water partition coefficient (Wildman–Crippen LogP) is 4.22. The number of anilines is 2. The highest BCUT2D eigenvalue weighted by Crippen LogP contribution is 2.28. The van der Waals surface area contributed by atoms with Gasteiger partial charge in [-0.3, -0.25) is 15.1 Å². The van der Waals surface area contributed by atoms with Crippen LogP contribution in [0.2, 0.25) is 0 Å². The van der Waals surface area contributed by atoms with E-state index in [4.69, 9.17) is 4.74 Å². The van der Waals surface area contributed by atoms with Crippen LogP contribution in [0.4, 0.5) is 15.6 Å². The summed E-state index contributed by atoms with van der Waals surface area (Å²) in [6.07, 6.45) is 3.15. The first-order valence-corrected chi connectivity index (χ1v) is 9.50. The third-order valence-corrected chi connectivity index (χ3v) is 4.65. The molecule has 0 unspecified atom stereocenters. The van der Waals surface area contributed by atoms with Crippen LogP contribution in [0.3, 0.4) is 0 Å². The van der Waals surface area contributed by atoms with Gasteiger partial charge >= 0.3 is 6.09 Å². The summed E-state index contributed by atoms with van der Waals surface area (Å²) < 4.78 is 5.71. The minimum Gasteiger partial charge on any atom is -0.450 e. The Balaban J connectivity index is 1.55. The summed E-state index contributed by atoms with van der Waals surface area (Å²) >= 11 is 1.33. The Kier molecular flexibility index (Phi) is 6.32. The molecule has 2 aromatic heterocycles. The van der Waals surface area contributed by atoms with Crippen molar-refractivity contribution in [3.8, 4) is 0 Å². The maximum absolute atomic E-state index is 12.1. The molecule has 0 aliphatic rings. The lowest BCUT2D eigenvalue weighted by Crippen LogP contribution is -2.12. The molecule has 2 N–H and O–H groups in total. The molecule has 1 aromatic carbocycles. The molecule has 0 saturated carbocycles. The highest BCUT2D eigenvalue weighted by atomic mass is 32.1. The Hall–Kier alpha value is -3.00. The van der Waals surface area contributed by atoms with Crippen LogP contribution in [0.1, 0.15) is 25.5 Å². The first-order chi connectivity index (χ1) is 13.1. The van der Waals surface area contributed by atoms with Crippen LogP contribution in [0, 0.1) is 0 Å². The van der Waals surface area contributed by atoms with Crippen LogP contribution in [-0.4, -0.2) is 28.6 Å². The Labute approximate surface area is 160 Å². The van der Waals surface area contributed by atoms with Crippen LogP contribution in [0.5, 0.6) is 0 Å². The minimum atomic E-state index is -0.530. The summed E-state index contributed by atoms with van der Waals surface area (Å²) in [7, 11) is 0. The maximum atomic E-state index is 12.1. The number of nitrogens with one attached hydrogen (secondary N) is 2. The van der Waals surface area contributed by atoms with Gasteiger partial charge in [-0.15, -0.1) is 0 Å². The van der Waals surface area contributed by atoms with E-state index in [2.05, 4.69) is 20.6 Å². The van der Waals surface area contributed by atoms with E-state index in [1.807, 2.05) is 30.3 Å². The van der Waals surface area contributed by atoms with Crippen molar-refractivity contribution in [3.05, 3.63) is 48.3 Å². The van der Waals surface area contributed by atoms with Gasteiger partial charge in [0.15, 0.2) is 5.13 Å². The second-order valence-electron chi connectivity index (χ2n) is 5.77. The average Bonchev–Trinajstić information content (AvgIpc) is 3.04. The fraction of sp³-hybridized carbons (Fsp3) is 0.263. The van der Waals surface area contributed by atoms with Crippen molar-refractivity contribution < 1.29 is 14.3 Å². The molecule has 2 heterocycles. The second-order valence-corrected chi connectivity index (χ2v) is 6.80. The van der Waals surface area contributed by atoms with Gasteiger partial charge < -0.3 is 10.1 Å². The molecule has 3 aromatic rings. The summed E-state index contributed by atoms with van der Waals surface area (Å²) in [6.45, 7) is 2.04. The Morgan fingerprint density at radius 3 is 2.85 bits per heavy atom. The van der Waals surface area contributed by atoms with Crippen molar-refractivity contribution in [3.63, 3.8) is 0 Å². The first kappa shape index (κ1) is 18.8. The number of nitrogens with zero attached hydrogens (tertiary/aromatic N) is 2. The molecule has 0 aliphatic heterocycles. The molecule has 0 aliphatic carbocycles. The van der Waals surface area contributed by atoms with Gasteiger partial charge in [0.2, 0.25) is 5.91 Å². The summed E-state index contributed by atoms with van der Waals surface area (Å²) in [6, 6.07) is 11.2. The van der Waals surface area contributed by atoms with E-state index in [0.29, 0.717) is 23.8 Å². The number of pyridine rings is 1. The number of ether oxygens (including phenoxy) is 1. The summed E-state index contributed by atoms with van der Waals surface area (Å²) in [5, 5.41) is 5.95. The number of benzene rings is 1. The van der Waals surface area contributed by atoms with E-state index in [9.17, 15) is 9.59 Å². The highest BCUT2D eigenvalue weighted by Gasteiger charge is 2.10. The van der Waals surface area contributed by atoms with Crippen molar-refractivity contribution >= 4 is 44.4 Å². The van der Waals surface area contributed by atoms with Gasteiger partial charge in [-0.2, -0.15) is 0 Å². The van der Waals surface area contributed by atoms with E-state index < -0.39 is 6.09 Å². The Morgan fingerprint density at radius 1 is 1.19 bits per heavy atom. The van der Waals surface area contributed by atoms with Gasteiger partial charge in [0.25, 0.3) is 0 Å². The topological polar surface area (TPSA) is 93.2 Å². The number of aryl methyl sites for hydroxylation is 1. The number of carbonyl (C=O) groups excluding carboxylic acids is 2. The molecule has 0 radical (unpaired) electrons. The van der Waals surface area contributed by atoms with Crippen LogP contribution in [0.25, 0.3) is 10.2 Å². The summed E-state index contributed by atoms with van der Waals surface area (Å²) in [5.74, 6) is -0.0420. The number of aromatic nitrogens is 2. The molecule has 8 heteroatoms. The lowest BCUT2D eigenvalue weighted by molar-refractivity contribution is -0.116. The molecular weight excluding hydrogens is 364 g/mol. The van der Waals surface area contributed by atoms with Crippen LogP contribution in [0.15, 0.2) is 42.6 Å². The monoisotopic (exact) mass is 384 g/mol. The largest absolute Gasteiger partial charge is 0.450 e. The number of hydrogen-bond donors (Lipinski definition) is 2. The normalized spacial score (nSPS) is 10.6. The number of carbonyl (C=O) groups is 2. The van der Waals surface area contributed by atoms with Crippen LogP contribution < -0.4 is 10.6 Å². The predicted molar refractivity (Wildman–Crippen MR) is 106 cm³/mol. The zero-order valence-corrected chi connectivity index (χ0v) is 15.7. The quantitative estimate of drug-likeness (QED) is 0.636. The zero-order valence-electron chi connectivity index (χ0n) is 14.9. The number of thiazole rings is 1. The van der Waals surface area contributed by atoms with Crippen molar-refractivity contribution in [1.82, 2.24) is 9.97 Å². The molecule has 27 heavy (non-hydrogen) atoms. The smallest absolute Gasteiger partial charge is 0.413 e. The molecule has 0 saturated heterocycles. The number of hydrogen-bond acceptors (Lipinski definition) is 6. The van der Waals surface area contributed by atoms with Gasteiger partial charge in [0, 0.05) is 24.0 Å². The fourth-order valence-corrected chi connectivity index (χ4v) is 3.40. The van der Waals surface area contributed by atoms with E-state index in [0.717, 1.165) is 28.8 Å². The van der Waals surface area contributed by atoms with Gasteiger partial charge in [-0.05, 0) is 50.1 Å². The van der Waals surface area contributed by atoms with Crippen molar-refractivity contribution in [1.29, 1.82) is 0 Å². The van der Waals surface area contributed by atoms with E-state index in [1.54, 1.807) is 19.2 Å². The molecule has 3 rings (SSSR count). The lowest BCUT2D eigenvalue weighted by atomic mass is 10.1. The maximum Gasteiger partial charge on any atom is 0.413 e. The summed E-state index contributed by atoms with van der Waals surface area (Å²) in [5.41, 5.74) is 2.44. The van der Waals surface area contributed by atoms with Crippen molar-refractivity contribution in [2.45, 2.75) is 26.2 Å². The SMILES string of the molecule is CCOC(=O)Nc1nc2ccc(NC(=O)CCCc3ccccn3)cc2s1. The van der Waals surface area contributed by atoms with E-state index in [1.165, 1.54) is 11.3 Å². The van der Waals surface area contributed by atoms with Crippen molar-refractivity contribution in [2.24, 2.45) is 0 Å². The number of amides is 2. The molecule has 0 fully saturated rings. The van der Waals surface area contributed by atoms with Crippen LogP contribution in [-0.2, 0) is 16.0 Å². The molecule has 0 atom stereocenters. The second kappa shape index (κ2) is 9.09. The van der Waals surface area contributed by atoms with Gasteiger partial charge in [-0.1, -0.05) is 17.4 Å². The molecule has 0 bridgehead atoms. The summed E-state index contributed by atoms with van der Waals surface area (Å²) in [4.78, 5) is 32.2. The minimum absolute atomic E-state index is 0.0420. The third kappa shape index (κ3) is 5.49. The molecule has 0 spiro atoms. The fourth-order valence-electron chi connectivity index (χ4n) is 2.51.